The van der Waals surface area contributed by atoms with Gasteiger partial charge in [-0.1, -0.05) is 19.3 Å². The fourth-order valence-electron chi connectivity index (χ4n) is 3.91. The Morgan fingerprint density at radius 2 is 2.04 bits per heavy atom. The second-order valence-corrected chi connectivity index (χ2v) is 8.13. The summed E-state index contributed by atoms with van der Waals surface area (Å²) in [5, 5.41) is 12.1. The number of likely N-dealkylation sites (N-methyl/N-ethyl adjacent to an activating group) is 1. The highest BCUT2D eigenvalue weighted by atomic mass is 32.1. The zero-order valence-electron chi connectivity index (χ0n) is 16.5. The van der Waals surface area contributed by atoms with Crippen LogP contribution in [0.4, 0.5) is 5.13 Å². The van der Waals surface area contributed by atoms with E-state index in [4.69, 9.17) is 0 Å². The Hall–Kier alpha value is -2.39. The lowest BCUT2D eigenvalue weighted by Gasteiger charge is -2.26. The van der Waals surface area contributed by atoms with E-state index in [-0.39, 0.29) is 11.5 Å². The summed E-state index contributed by atoms with van der Waals surface area (Å²) >= 11 is 1.40. The quantitative estimate of drug-likeness (QED) is 0.555. The first-order valence-corrected chi connectivity index (χ1v) is 10.3. The second-order valence-electron chi connectivity index (χ2n) is 7.29. The maximum absolute atomic E-state index is 12.8. The Balaban J connectivity index is 1.89. The van der Waals surface area contributed by atoms with Gasteiger partial charge in [0, 0.05) is 29.9 Å². The zero-order valence-corrected chi connectivity index (χ0v) is 17.3. The molecule has 1 amide bonds. The van der Waals surface area contributed by atoms with Crippen LogP contribution in [0.15, 0.2) is 17.0 Å². The molecule has 0 unspecified atom stereocenters. The fourth-order valence-corrected chi connectivity index (χ4v) is 4.68. The highest BCUT2D eigenvalue weighted by Gasteiger charge is 2.22. The van der Waals surface area contributed by atoms with Crippen molar-refractivity contribution < 1.29 is 4.79 Å². The maximum atomic E-state index is 12.8. The molecule has 0 atom stereocenters. The third-order valence-electron chi connectivity index (χ3n) is 5.31. The molecule has 5 nitrogen and oxygen atoms in total. The van der Waals surface area contributed by atoms with Crippen molar-refractivity contribution in [1.29, 1.82) is 5.26 Å². The zero-order chi connectivity index (χ0) is 19.6. The smallest absolute Gasteiger partial charge is 0.270 e. The number of carbonyl (C=O) groups excluding carboxylic acids is 1. The van der Waals surface area contributed by atoms with Crippen LogP contribution in [-0.2, 0) is 4.79 Å². The lowest BCUT2D eigenvalue weighted by atomic mass is 9.95. The molecule has 2 aromatic heterocycles. The van der Waals surface area contributed by atoms with Crippen LogP contribution >= 0.6 is 11.3 Å². The Bertz CT molecular complexity index is 909. The van der Waals surface area contributed by atoms with Gasteiger partial charge in [0.25, 0.3) is 5.91 Å². The molecule has 0 radical (unpaired) electrons. The van der Waals surface area contributed by atoms with E-state index in [1.165, 1.54) is 54.0 Å². The predicted molar refractivity (Wildman–Crippen MR) is 110 cm³/mol. The summed E-state index contributed by atoms with van der Waals surface area (Å²) in [5.41, 5.74) is 4.28. The molecule has 2 aromatic rings. The van der Waals surface area contributed by atoms with E-state index in [1.807, 2.05) is 12.3 Å². The number of anilines is 1. The average molecular weight is 383 g/mol. The van der Waals surface area contributed by atoms with Crippen LogP contribution in [0.5, 0.6) is 0 Å². The summed E-state index contributed by atoms with van der Waals surface area (Å²) in [6.45, 7) is 6.08. The molecule has 2 heterocycles. The molecule has 6 heteroatoms. The molecule has 142 valence electrons. The first-order chi connectivity index (χ1) is 12.9. The van der Waals surface area contributed by atoms with E-state index in [0.29, 0.717) is 11.2 Å². The van der Waals surface area contributed by atoms with Crippen LogP contribution in [0.3, 0.4) is 0 Å². The molecule has 0 spiro atoms. The molecule has 1 aliphatic carbocycles. The number of nitrogens with zero attached hydrogens (tertiary/aromatic N) is 4. The Morgan fingerprint density at radius 3 is 2.63 bits per heavy atom. The Labute approximate surface area is 164 Å². The fraction of sp³-hybridized carbons (Fsp3) is 0.476. The summed E-state index contributed by atoms with van der Waals surface area (Å²) in [5.74, 6) is -0.325. The van der Waals surface area contributed by atoms with E-state index >= 15 is 0 Å². The minimum Gasteiger partial charge on any atom is -0.346 e. The minimum atomic E-state index is -0.325. The van der Waals surface area contributed by atoms with Gasteiger partial charge in [-0.3, -0.25) is 9.69 Å². The van der Waals surface area contributed by atoms with Gasteiger partial charge in [-0.15, -0.1) is 11.3 Å². The highest BCUT2D eigenvalue weighted by Crippen LogP contribution is 2.33. The van der Waals surface area contributed by atoms with Gasteiger partial charge in [0.1, 0.15) is 11.6 Å². The molecule has 27 heavy (non-hydrogen) atoms. The second kappa shape index (κ2) is 8.10. The van der Waals surface area contributed by atoms with E-state index in [2.05, 4.69) is 35.5 Å². The Kier molecular flexibility index (Phi) is 5.81. The van der Waals surface area contributed by atoms with E-state index in [1.54, 1.807) is 13.1 Å². The van der Waals surface area contributed by atoms with Crippen LogP contribution < -0.4 is 4.90 Å². The van der Waals surface area contributed by atoms with Crippen LogP contribution in [-0.4, -0.2) is 22.5 Å². The molecular weight excluding hydrogens is 356 g/mol. The third kappa shape index (κ3) is 3.98. The first kappa shape index (κ1) is 19.4. The van der Waals surface area contributed by atoms with Crippen molar-refractivity contribution in [2.45, 2.75) is 58.9 Å². The molecule has 1 fully saturated rings. The SMILES string of the molecule is Cc1csc(N(C)C(=O)/C(C#N)=C/c2cc(C)n(C3CCCCC3)c2C)n1. The molecular formula is C21H26N4OS. The molecule has 1 aliphatic rings. The molecule has 0 aliphatic heterocycles. The molecule has 0 bridgehead atoms. The largest absolute Gasteiger partial charge is 0.346 e. The molecule has 1 saturated carbocycles. The summed E-state index contributed by atoms with van der Waals surface area (Å²) < 4.78 is 2.39. The van der Waals surface area contributed by atoms with Crippen molar-refractivity contribution in [2.24, 2.45) is 0 Å². The van der Waals surface area contributed by atoms with E-state index in [9.17, 15) is 10.1 Å². The standard InChI is InChI=1S/C21H26N4OS/c1-14-13-27-21(23-14)24(4)20(26)18(12-22)11-17-10-15(2)25(16(17)3)19-8-6-5-7-9-19/h10-11,13,19H,5-9H2,1-4H3/b18-11+. The number of thiazole rings is 1. The number of rotatable bonds is 4. The third-order valence-corrected chi connectivity index (χ3v) is 6.35. The van der Waals surface area contributed by atoms with Crippen molar-refractivity contribution in [3.63, 3.8) is 0 Å². The predicted octanol–water partition coefficient (Wildman–Crippen LogP) is 4.95. The van der Waals surface area contributed by atoms with Crippen molar-refractivity contribution in [2.75, 3.05) is 11.9 Å². The Morgan fingerprint density at radius 1 is 1.33 bits per heavy atom. The number of amides is 1. The summed E-state index contributed by atoms with van der Waals surface area (Å²) in [4.78, 5) is 18.6. The lowest BCUT2D eigenvalue weighted by molar-refractivity contribution is -0.114. The van der Waals surface area contributed by atoms with Crippen LogP contribution in [0.1, 0.15) is 60.8 Å². The van der Waals surface area contributed by atoms with Gasteiger partial charge in [0.15, 0.2) is 5.13 Å². The topological polar surface area (TPSA) is 61.9 Å². The van der Waals surface area contributed by atoms with Crippen LogP contribution in [0.2, 0.25) is 0 Å². The lowest BCUT2D eigenvalue weighted by Crippen LogP contribution is -2.27. The normalized spacial score (nSPS) is 15.6. The van der Waals surface area contributed by atoms with Gasteiger partial charge in [-0.05, 0) is 51.3 Å². The number of hydrogen-bond donors (Lipinski definition) is 0. The van der Waals surface area contributed by atoms with Gasteiger partial charge in [-0.2, -0.15) is 5.26 Å². The average Bonchev–Trinajstić information content (AvgIpc) is 3.22. The van der Waals surface area contributed by atoms with Gasteiger partial charge in [0.05, 0.1) is 5.69 Å². The van der Waals surface area contributed by atoms with Crippen molar-refractivity contribution in [3.8, 4) is 6.07 Å². The first-order valence-electron chi connectivity index (χ1n) is 9.42. The van der Waals surface area contributed by atoms with Gasteiger partial charge in [0.2, 0.25) is 0 Å². The number of aryl methyl sites for hydroxylation is 2. The van der Waals surface area contributed by atoms with Gasteiger partial charge >= 0.3 is 0 Å². The molecule has 3 rings (SSSR count). The molecule has 0 N–H and O–H groups in total. The number of nitriles is 1. The van der Waals surface area contributed by atoms with Gasteiger partial charge in [-0.25, -0.2) is 4.98 Å². The summed E-state index contributed by atoms with van der Waals surface area (Å²) in [6, 6.07) is 4.70. The summed E-state index contributed by atoms with van der Waals surface area (Å²) in [6.07, 6.45) is 7.99. The van der Waals surface area contributed by atoms with Crippen molar-refractivity contribution in [1.82, 2.24) is 9.55 Å². The summed E-state index contributed by atoms with van der Waals surface area (Å²) in [7, 11) is 1.66. The minimum absolute atomic E-state index is 0.134. The van der Waals surface area contributed by atoms with E-state index < -0.39 is 0 Å². The van der Waals surface area contributed by atoms with E-state index in [0.717, 1.165) is 17.0 Å². The van der Waals surface area contributed by atoms with Crippen molar-refractivity contribution >= 4 is 28.5 Å². The maximum Gasteiger partial charge on any atom is 0.270 e. The number of carbonyl (C=O) groups is 1. The monoisotopic (exact) mass is 382 g/mol. The van der Waals surface area contributed by atoms with Crippen LogP contribution in [0, 0.1) is 32.1 Å². The highest BCUT2D eigenvalue weighted by molar-refractivity contribution is 7.14. The molecule has 0 aromatic carbocycles. The molecule has 0 saturated heterocycles. The number of hydrogen-bond acceptors (Lipinski definition) is 4. The van der Waals surface area contributed by atoms with Crippen molar-refractivity contribution in [3.05, 3.63) is 39.7 Å². The van der Waals surface area contributed by atoms with Crippen LogP contribution in [0.25, 0.3) is 6.08 Å². The number of aromatic nitrogens is 2. The van der Waals surface area contributed by atoms with Gasteiger partial charge < -0.3 is 4.57 Å².